The molecule has 1 N–H and O–H groups in total. The molecule has 0 radical (unpaired) electrons. The van der Waals surface area contributed by atoms with Crippen molar-refractivity contribution < 1.29 is 4.79 Å². The van der Waals surface area contributed by atoms with Crippen molar-refractivity contribution in [1.82, 2.24) is 20.0 Å². The Morgan fingerprint density at radius 3 is 2.50 bits per heavy atom. The van der Waals surface area contributed by atoms with Gasteiger partial charge in [0.25, 0.3) is 5.91 Å². The molecular weight excluding hydrogens is 252 g/mol. The van der Waals surface area contributed by atoms with Crippen LogP contribution >= 0.6 is 11.6 Å². The van der Waals surface area contributed by atoms with E-state index in [1.54, 1.807) is 11.7 Å². The summed E-state index contributed by atoms with van der Waals surface area (Å²) in [5, 5.41) is 7.37. The van der Waals surface area contributed by atoms with Gasteiger partial charge in [0.2, 0.25) is 0 Å². The van der Waals surface area contributed by atoms with Gasteiger partial charge in [0.1, 0.15) is 0 Å². The molecule has 0 aliphatic rings. The Labute approximate surface area is 113 Å². The molecular formula is C12H21ClN4O. The molecule has 1 amide bonds. The predicted octanol–water partition coefficient (Wildman–Crippen LogP) is 1.45. The van der Waals surface area contributed by atoms with Crippen molar-refractivity contribution in [3.63, 3.8) is 0 Å². The van der Waals surface area contributed by atoms with Crippen molar-refractivity contribution in [2.24, 2.45) is 7.05 Å². The molecule has 0 saturated carbocycles. The van der Waals surface area contributed by atoms with E-state index >= 15 is 0 Å². The van der Waals surface area contributed by atoms with E-state index in [2.05, 4.69) is 29.2 Å². The van der Waals surface area contributed by atoms with Crippen LogP contribution in [0.25, 0.3) is 0 Å². The number of nitrogens with one attached hydrogen (secondary N) is 1. The van der Waals surface area contributed by atoms with Crippen molar-refractivity contribution in [2.75, 3.05) is 26.2 Å². The zero-order valence-electron chi connectivity index (χ0n) is 11.5. The van der Waals surface area contributed by atoms with Gasteiger partial charge in [0, 0.05) is 20.1 Å². The Balaban J connectivity index is 2.53. The second kappa shape index (κ2) is 6.75. The van der Waals surface area contributed by atoms with Crippen molar-refractivity contribution >= 4 is 17.5 Å². The number of amides is 1. The average molecular weight is 273 g/mol. The number of carbonyl (C=O) groups is 1. The number of aromatic nitrogens is 2. The molecule has 0 atom stereocenters. The van der Waals surface area contributed by atoms with Crippen LogP contribution in [-0.2, 0) is 7.05 Å². The first kappa shape index (κ1) is 15.0. The van der Waals surface area contributed by atoms with E-state index in [1.807, 2.05) is 6.92 Å². The van der Waals surface area contributed by atoms with E-state index in [0.29, 0.717) is 17.3 Å². The molecule has 6 heteroatoms. The fraction of sp³-hybridized carbons (Fsp3) is 0.667. The largest absolute Gasteiger partial charge is 0.349 e. The molecule has 102 valence electrons. The Bertz CT molecular complexity index is 412. The highest BCUT2D eigenvalue weighted by molar-refractivity contribution is 6.34. The monoisotopic (exact) mass is 272 g/mol. The Morgan fingerprint density at radius 1 is 1.44 bits per heavy atom. The van der Waals surface area contributed by atoms with E-state index in [1.165, 1.54) is 0 Å². The third kappa shape index (κ3) is 3.46. The van der Waals surface area contributed by atoms with Crippen LogP contribution in [0.2, 0.25) is 5.02 Å². The van der Waals surface area contributed by atoms with Crippen LogP contribution in [0.15, 0.2) is 0 Å². The second-order valence-electron chi connectivity index (χ2n) is 4.15. The molecule has 1 aromatic rings. The standard InChI is InChI=1S/C12H21ClN4O/c1-5-17(6-2)8-7-14-12(18)11-10(13)9(3)16(4)15-11/h5-8H2,1-4H3,(H,14,18). The van der Waals surface area contributed by atoms with Gasteiger partial charge in [-0.1, -0.05) is 25.4 Å². The summed E-state index contributed by atoms with van der Waals surface area (Å²) in [4.78, 5) is 14.1. The van der Waals surface area contributed by atoms with E-state index in [-0.39, 0.29) is 5.91 Å². The first-order valence-corrected chi connectivity index (χ1v) is 6.58. The maximum absolute atomic E-state index is 11.9. The van der Waals surface area contributed by atoms with Crippen molar-refractivity contribution in [2.45, 2.75) is 20.8 Å². The summed E-state index contributed by atoms with van der Waals surface area (Å²) in [5.74, 6) is -0.212. The van der Waals surface area contributed by atoms with E-state index < -0.39 is 0 Å². The number of carbonyl (C=O) groups excluding carboxylic acids is 1. The Kier molecular flexibility index (Phi) is 5.62. The predicted molar refractivity (Wildman–Crippen MR) is 73.1 cm³/mol. The van der Waals surface area contributed by atoms with Gasteiger partial charge in [-0.25, -0.2) is 0 Å². The zero-order chi connectivity index (χ0) is 13.7. The van der Waals surface area contributed by atoms with Crippen LogP contribution in [0, 0.1) is 6.92 Å². The molecule has 0 unspecified atom stereocenters. The number of halogens is 1. The first-order chi connectivity index (χ1) is 8.51. The lowest BCUT2D eigenvalue weighted by molar-refractivity contribution is 0.0943. The number of nitrogens with zero attached hydrogens (tertiary/aromatic N) is 3. The summed E-state index contributed by atoms with van der Waals surface area (Å²) < 4.78 is 1.61. The summed E-state index contributed by atoms with van der Waals surface area (Å²) in [6, 6.07) is 0. The van der Waals surface area contributed by atoms with Crippen LogP contribution in [0.1, 0.15) is 30.0 Å². The lowest BCUT2D eigenvalue weighted by atomic mass is 10.3. The Hall–Kier alpha value is -1.07. The molecule has 18 heavy (non-hydrogen) atoms. The number of likely N-dealkylation sites (N-methyl/N-ethyl adjacent to an activating group) is 1. The molecule has 0 bridgehead atoms. The second-order valence-corrected chi connectivity index (χ2v) is 4.53. The number of hydrogen-bond donors (Lipinski definition) is 1. The van der Waals surface area contributed by atoms with Gasteiger partial charge in [-0.05, 0) is 20.0 Å². The van der Waals surface area contributed by atoms with Crippen molar-refractivity contribution in [3.8, 4) is 0 Å². The normalized spacial score (nSPS) is 11.0. The Morgan fingerprint density at radius 2 is 2.06 bits per heavy atom. The van der Waals surface area contributed by atoms with E-state index in [0.717, 1.165) is 25.3 Å². The SMILES string of the molecule is CCN(CC)CCNC(=O)c1nn(C)c(C)c1Cl. The van der Waals surface area contributed by atoms with E-state index in [9.17, 15) is 4.79 Å². The van der Waals surface area contributed by atoms with Gasteiger partial charge in [-0.15, -0.1) is 0 Å². The molecule has 1 rings (SSSR count). The molecule has 1 heterocycles. The molecule has 0 fully saturated rings. The molecule has 0 aromatic carbocycles. The van der Waals surface area contributed by atoms with Gasteiger partial charge >= 0.3 is 0 Å². The maximum atomic E-state index is 11.9. The number of aryl methyl sites for hydroxylation is 1. The highest BCUT2D eigenvalue weighted by atomic mass is 35.5. The van der Waals surface area contributed by atoms with Gasteiger partial charge in [0.05, 0.1) is 10.7 Å². The first-order valence-electron chi connectivity index (χ1n) is 6.20. The van der Waals surface area contributed by atoms with Gasteiger partial charge in [0.15, 0.2) is 5.69 Å². The number of hydrogen-bond acceptors (Lipinski definition) is 3. The third-order valence-electron chi connectivity index (χ3n) is 3.08. The fourth-order valence-electron chi connectivity index (χ4n) is 1.68. The van der Waals surface area contributed by atoms with Crippen LogP contribution in [-0.4, -0.2) is 46.8 Å². The highest BCUT2D eigenvalue weighted by Crippen LogP contribution is 2.18. The number of rotatable bonds is 6. The van der Waals surface area contributed by atoms with Crippen molar-refractivity contribution in [1.29, 1.82) is 0 Å². The van der Waals surface area contributed by atoms with Crippen LogP contribution in [0.4, 0.5) is 0 Å². The van der Waals surface area contributed by atoms with Crippen LogP contribution in [0.3, 0.4) is 0 Å². The molecule has 1 aromatic heterocycles. The van der Waals surface area contributed by atoms with E-state index in [4.69, 9.17) is 11.6 Å². The minimum Gasteiger partial charge on any atom is -0.349 e. The zero-order valence-corrected chi connectivity index (χ0v) is 12.2. The topological polar surface area (TPSA) is 50.2 Å². The van der Waals surface area contributed by atoms with Crippen LogP contribution < -0.4 is 5.32 Å². The minimum absolute atomic E-state index is 0.212. The molecule has 0 aliphatic heterocycles. The maximum Gasteiger partial charge on any atom is 0.273 e. The van der Waals surface area contributed by atoms with Crippen LogP contribution in [0.5, 0.6) is 0 Å². The smallest absolute Gasteiger partial charge is 0.273 e. The lowest BCUT2D eigenvalue weighted by Crippen LogP contribution is -2.35. The summed E-state index contributed by atoms with van der Waals surface area (Å²) in [6.45, 7) is 9.44. The third-order valence-corrected chi connectivity index (χ3v) is 3.54. The van der Waals surface area contributed by atoms with Gasteiger partial charge in [-0.2, -0.15) is 5.10 Å². The lowest BCUT2D eigenvalue weighted by Gasteiger charge is -2.17. The summed E-state index contributed by atoms with van der Waals surface area (Å²) in [5.41, 5.74) is 1.10. The fourth-order valence-corrected chi connectivity index (χ4v) is 1.92. The highest BCUT2D eigenvalue weighted by Gasteiger charge is 2.17. The molecule has 0 aliphatic carbocycles. The molecule has 0 spiro atoms. The quantitative estimate of drug-likeness (QED) is 0.853. The van der Waals surface area contributed by atoms with Gasteiger partial charge < -0.3 is 10.2 Å². The summed E-state index contributed by atoms with van der Waals surface area (Å²) in [6.07, 6.45) is 0. The van der Waals surface area contributed by atoms with Crippen molar-refractivity contribution in [3.05, 3.63) is 16.4 Å². The molecule has 5 nitrogen and oxygen atoms in total. The summed E-state index contributed by atoms with van der Waals surface area (Å²) >= 11 is 6.05. The molecule has 0 saturated heterocycles. The average Bonchev–Trinajstić information content (AvgIpc) is 2.62. The van der Waals surface area contributed by atoms with Gasteiger partial charge in [-0.3, -0.25) is 9.48 Å². The summed E-state index contributed by atoms with van der Waals surface area (Å²) in [7, 11) is 1.77. The minimum atomic E-state index is -0.212.